The van der Waals surface area contributed by atoms with Gasteiger partial charge in [-0.2, -0.15) is 0 Å². The first-order valence-corrected chi connectivity index (χ1v) is 7.16. The molecule has 2 aromatic rings. The molecule has 0 fully saturated rings. The summed E-state index contributed by atoms with van der Waals surface area (Å²) >= 11 is 7.31. The minimum atomic E-state index is -0.376. The van der Waals surface area contributed by atoms with Crippen LogP contribution in [0.1, 0.15) is 5.56 Å². The van der Waals surface area contributed by atoms with Crippen LogP contribution >= 0.6 is 22.9 Å². The normalized spacial score (nSPS) is 10.3. The van der Waals surface area contributed by atoms with E-state index in [2.05, 4.69) is 5.32 Å². The Labute approximate surface area is 125 Å². The standard InChI is InChI=1S/C13H14ClN3O2S/c1-16(2)13-10(14)4-3-5-11(13)15-7-9-6-12(17(18)19)20-8-9/h3-6,8,15H,7H2,1-2H3. The number of halogens is 1. The highest BCUT2D eigenvalue weighted by Gasteiger charge is 2.11. The quantitative estimate of drug-likeness (QED) is 0.670. The molecule has 0 bridgehead atoms. The summed E-state index contributed by atoms with van der Waals surface area (Å²) in [4.78, 5) is 12.2. The van der Waals surface area contributed by atoms with E-state index >= 15 is 0 Å². The number of hydrogen-bond donors (Lipinski definition) is 1. The fourth-order valence-electron chi connectivity index (χ4n) is 1.86. The predicted molar refractivity (Wildman–Crippen MR) is 84.1 cm³/mol. The molecule has 1 aromatic carbocycles. The topological polar surface area (TPSA) is 58.4 Å². The van der Waals surface area contributed by atoms with Crippen molar-refractivity contribution in [1.29, 1.82) is 0 Å². The van der Waals surface area contributed by atoms with E-state index in [-0.39, 0.29) is 9.92 Å². The number of benzene rings is 1. The van der Waals surface area contributed by atoms with Gasteiger partial charge in [0.15, 0.2) is 0 Å². The number of nitrogens with one attached hydrogen (secondary N) is 1. The number of para-hydroxylation sites is 1. The lowest BCUT2D eigenvalue weighted by atomic mass is 10.2. The molecule has 1 aromatic heterocycles. The molecule has 20 heavy (non-hydrogen) atoms. The first kappa shape index (κ1) is 14.6. The fraction of sp³-hybridized carbons (Fsp3) is 0.231. The van der Waals surface area contributed by atoms with E-state index in [0.29, 0.717) is 11.6 Å². The van der Waals surface area contributed by atoms with Crippen molar-refractivity contribution < 1.29 is 4.92 Å². The Morgan fingerprint density at radius 3 is 2.80 bits per heavy atom. The lowest BCUT2D eigenvalue weighted by Crippen LogP contribution is -2.12. The third kappa shape index (κ3) is 3.20. The van der Waals surface area contributed by atoms with Crippen molar-refractivity contribution >= 4 is 39.3 Å². The number of rotatable bonds is 5. The monoisotopic (exact) mass is 311 g/mol. The first-order chi connectivity index (χ1) is 9.49. The van der Waals surface area contributed by atoms with Crippen LogP contribution in [0.25, 0.3) is 0 Å². The summed E-state index contributed by atoms with van der Waals surface area (Å²) < 4.78 is 0. The maximum Gasteiger partial charge on any atom is 0.324 e. The second-order valence-corrected chi connectivity index (χ2v) is 5.73. The van der Waals surface area contributed by atoms with Gasteiger partial charge in [-0.1, -0.05) is 29.0 Å². The van der Waals surface area contributed by atoms with Crippen molar-refractivity contribution in [3.63, 3.8) is 0 Å². The molecule has 7 heteroatoms. The zero-order valence-electron chi connectivity index (χ0n) is 11.1. The summed E-state index contributed by atoms with van der Waals surface area (Å²) in [5.41, 5.74) is 2.68. The van der Waals surface area contributed by atoms with Crippen LogP contribution in [-0.4, -0.2) is 19.0 Å². The van der Waals surface area contributed by atoms with E-state index in [0.717, 1.165) is 28.3 Å². The SMILES string of the molecule is CN(C)c1c(Cl)cccc1NCc1csc([N+](=O)[O-])c1. The van der Waals surface area contributed by atoms with Crippen LogP contribution in [0.4, 0.5) is 16.4 Å². The van der Waals surface area contributed by atoms with E-state index in [4.69, 9.17) is 11.6 Å². The minimum absolute atomic E-state index is 0.153. The van der Waals surface area contributed by atoms with Crippen molar-refractivity contribution in [1.82, 2.24) is 0 Å². The molecular weight excluding hydrogens is 298 g/mol. The third-order valence-electron chi connectivity index (χ3n) is 2.74. The van der Waals surface area contributed by atoms with E-state index in [9.17, 15) is 10.1 Å². The minimum Gasteiger partial charge on any atom is -0.379 e. The molecule has 0 saturated carbocycles. The Balaban J connectivity index is 2.14. The summed E-state index contributed by atoms with van der Waals surface area (Å²) in [5, 5.41) is 16.5. The Kier molecular flexibility index (Phi) is 4.46. The summed E-state index contributed by atoms with van der Waals surface area (Å²) in [5.74, 6) is 0. The van der Waals surface area contributed by atoms with Gasteiger partial charge in [0.1, 0.15) is 0 Å². The third-order valence-corrected chi connectivity index (χ3v) is 3.97. The summed E-state index contributed by atoms with van der Waals surface area (Å²) in [6.07, 6.45) is 0. The Hall–Kier alpha value is -1.79. The van der Waals surface area contributed by atoms with E-state index in [1.807, 2.05) is 37.2 Å². The number of hydrogen-bond acceptors (Lipinski definition) is 5. The van der Waals surface area contributed by atoms with Crippen LogP contribution in [0.15, 0.2) is 29.6 Å². The van der Waals surface area contributed by atoms with Crippen LogP contribution in [0.2, 0.25) is 5.02 Å². The first-order valence-electron chi connectivity index (χ1n) is 5.90. The highest BCUT2D eigenvalue weighted by atomic mass is 35.5. The molecular formula is C13H14ClN3O2S. The molecule has 0 aliphatic rings. The molecule has 0 aliphatic heterocycles. The summed E-state index contributed by atoms with van der Waals surface area (Å²) in [7, 11) is 3.84. The molecule has 0 atom stereocenters. The molecule has 5 nitrogen and oxygen atoms in total. The number of anilines is 2. The molecule has 1 heterocycles. The molecule has 0 unspecified atom stereocenters. The molecule has 0 amide bonds. The van der Waals surface area contributed by atoms with Gasteiger partial charge in [0, 0.05) is 32.1 Å². The predicted octanol–water partition coefficient (Wildman–Crippen LogP) is 3.99. The molecule has 106 valence electrons. The Morgan fingerprint density at radius 2 is 2.20 bits per heavy atom. The zero-order chi connectivity index (χ0) is 14.7. The van der Waals surface area contributed by atoms with Gasteiger partial charge in [0.25, 0.3) is 0 Å². The van der Waals surface area contributed by atoms with Gasteiger partial charge in [-0.15, -0.1) is 0 Å². The van der Waals surface area contributed by atoms with Crippen molar-refractivity contribution in [3.05, 3.63) is 50.3 Å². The van der Waals surface area contributed by atoms with Crippen LogP contribution in [0, 0.1) is 10.1 Å². The Bertz CT molecular complexity index is 628. The van der Waals surface area contributed by atoms with E-state index < -0.39 is 0 Å². The van der Waals surface area contributed by atoms with Crippen molar-refractivity contribution in [3.8, 4) is 0 Å². The van der Waals surface area contributed by atoms with E-state index in [1.165, 1.54) is 0 Å². The molecule has 0 aliphatic carbocycles. The van der Waals surface area contributed by atoms with Gasteiger partial charge in [0.05, 0.1) is 21.3 Å². The van der Waals surface area contributed by atoms with Crippen molar-refractivity contribution in [2.75, 3.05) is 24.3 Å². The average molecular weight is 312 g/mol. The van der Waals surface area contributed by atoms with Gasteiger partial charge < -0.3 is 10.2 Å². The molecule has 0 spiro atoms. The van der Waals surface area contributed by atoms with Crippen molar-refractivity contribution in [2.24, 2.45) is 0 Å². The summed E-state index contributed by atoms with van der Waals surface area (Å²) in [6, 6.07) is 7.21. The molecule has 2 rings (SSSR count). The largest absolute Gasteiger partial charge is 0.379 e. The highest BCUT2D eigenvalue weighted by Crippen LogP contribution is 2.33. The van der Waals surface area contributed by atoms with Crippen molar-refractivity contribution in [2.45, 2.75) is 6.54 Å². The van der Waals surface area contributed by atoms with Gasteiger partial charge in [-0.25, -0.2) is 0 Å². The molecule has 1 N–H and O–H groups in total. The molecule has 0 saturated heterocycles. The van der Waals surface area contributed by atoms with Crippen LogP contribution in [-0.2, 0) is 6.54 Å². The number of thiophene rings is 1. The van der Waals surface area contributed by atoms with Gasteiger partial charge in [0.2, 0.25) is 0 Å². The second-order valence-electron chi connectivity index (χ2n) is 4.43. The number of nitrogens with zero attached hydrogens (tertiary/aromatic N) is 2. The lowest BCUT2D eigenvalue weighted by Gasteiger charge is -2.19. The fourth-order valence-corrected chi connectivity index (χ4v) is 2.93. The summed E-state index contributed by atoms with van der Waals surface area (Å²) in [6.45, 7) is 0.519. The van der Waals surface area contributed by atoms with Crippen LogP contribution in [0.3, 0.4) is 0 Å². The smallest absolute Gasteiger partial charge is 0.324 e. The lowest BCUT2D eigenvalue weighted by molar-refractivity contribution is -0.380. The maximum absolute atomic E-state index is 10.6. The second kappa shape index (κ2) is 6.11. The van der Waals surface area contributed by atoms with Gasteiger partial charge in [-0.3, -0.25) is 10.1 Å². The number of nitro groups is 1. The maximum atomic E-state index is 10.6. The van der Waals surface area contributed by atoms with E-state index in [1.54, 1.807) is 11.4 Å². The Morgan fingerprint density at radius 1 is 1.45 bits per heavy atom. The van der Waals surface area contributed by atoms with Gasteiger partial charge in [-0.05, 0) is 17.7 Å². The highest BCUT2D eigenvalue weighted by molar-refractivity contribution is 7.13. The molecule has 0 radical (unpaired) electrons. The van der Waals surface area contributed by atoms with Gasteiger partial charge >= 0.3 is 5.00 Å². The van der Waals surface area contributed by atoms with Crippen LogP contribution < -0.4 is 10.2 Å². The average Bonchev–Trinajstić information content (AvgIpc) is 2.84. The zero-order valence-corrected chi connectivity index (χ0v) is 12.7. The van der Waals surface area contributed by atoms with Crippen LogP contribution in [0.5, 0.6) is 0 Å².